The SMILES string of the molecule is Cc1ccc(-c2nc(CSC(C)C(=O)NCc3ccc(F)cc3)cs2)cc1. The third kappa shape index (κ3) is 5.65. The van der Waals surface area contributed by atoms with Gasteiger partial charge in [-0.25, -0.2) is 9.37 Å². The molecule has 1 aromatic heterocycles. The fourth-order valence-corrected chi connectivity index (χ4v) is 4.16. The van der Waals surface area contributed by atoms with Crippen molar-refractivity contribution in [1.82, 2.24) is 10.3 Å². The molecule has 1 atom stereocenters. The number of hydrogen-bond donors (Lipinski definition) is 1. The fraction of sp³-hybridized carbons (Fsp3) is 0.238. The Morgan fingerprint density at radius 3 is 2.59 bits per heavy atom. The minimum absolute atomic E-state index is 0.0293. The Labute approximate surface area is 167 Å². The second kappa shape index (κ2) is 9.15. The van der Waals surface area contributed by atoms with E-state index < -0.39 is 0 Å². The van der Waals surface area contributed by atoms with Gasteiger partial charge >= 0.3 is 0 Å². The molecule has 0 aliphatic rings. The molecule has 3 aromatic rings. The van der Waals surface area contributed by atoms with E-state index in [2.05, 4.69) is 41.5 Å². The number of benzene rings is 2. The number of carbonyl (C=O) groups excluding carboxylic acids is 1. The summed E-state index contributed by atoms with van der Waals surface area (Å²) in [4.78, 5) is 16.9. The fourth-order valence-electron chi connectivity index (χ4n) is 2.42. The summed E-state index contributed by atoms with van der Waals surface area (Å²) in [6.45, 7) is 4.35. The third-order valence-electron chi connectivity index (χ3n) is 4.08. The minimum Gasteiger partial charge on any atom is -0.351 e. The highest BCUT2D eigenvalue weighted by Gasteiger charge is 2.14. The highest BCUT2D eigenvalue weighted by atomic mass is 32.2. The molecule has 1 unspecified atom stereocenters. The first-order chi connectivity index (χ1) is 13.0. The molecule has 1 heterocycles. The van der Waals surface area contributed by atoms with E-state index in [1.165, 1.54) is 17.7 Å². The van der Waals surface area contributed by atoms with Crippen molar-refractivity contribution in [3.63, 3.8) is 0 Å². The summed E-state index contributed by atoms with van der Waals surface area (Å²) >= 11 is 3.18. The van der Waals surface area contributed by atoms with E-state index in [4.69, 9.17) is 0 Å². The molecule has 2 aromatic carbocycles. The van der Waals surface area contributed by atoms with Crippen molar-refractivity contribution >= 4 is 29.0 Å². The van der Waals surface area contributed by atoms with Gasteiger partial charge in [-0.1, -0.05) is 42.0 Å². The van der Waals surface area contributed by atoms with Crippen LogP contribution in [0.15, 0.2) is 53.9 Å². The molecule has 6 heteroatoms. The maximum Gasteiger partial charge on any atom is 0.233 e. The van der Waals surface area contributed by atoms with Gasteiger partial charge in [0.1, 0.15) is 10.8 Å². The quantitative estimate of drug-likeness (QED) is 0.593. The summed E-state index contributed by atoms with van der Waals surface area (Å²) in [5.74, 6) is 0.383. The van der Waals surface area contributed by atoms with Crippen molar-refractivity contribution in [2.75, 3.05) is 0 Å². The Morgan fingerprint density at radius 2 is 1.89 bits per heavy atom. The Bertz CT molecular complexity index is 891. The maximum absolute atomic E-state index is 12.9. The normalized spacial score (nSPS) is 12.0. The number of thiazole rings is 1. The monoisotopic (exact) mass is 400 g/mol. The van der Waals surface area contributed by atoms with E-state index in [0.29, 0.717) is 12.3 Å². The van der Waals surface area contributed by atoms with Gasteiger partial charge in [0.05, 0.1) is 10.9 Å². The molecule has 0 fully saturated rings. The molecular weight excluding hydrogens is 379 g/mol. The molecule has 0 saturated carbocycles. The van der Waals surface area contributed by atoms with Crippen LogP contribution in [0.1, 0.15) is 23.7 Å². The molecule has 3 rings (SSSR count). The number of nitrogens with zero attached hydrogens (tertiary/aromatic N) is 1. The van der Waals surface area contributed by atoms with Crippen LogP contribution in [-0.4, -0.2) is 16.1 Å². The molecule has 0 spiro atoms. The van der Waals surface area contributed by atoms with Gasteiger partial charge in [-0.3, -0.25) is 4.79 Å². The van der Waals surface area contributed by atoms with Gasteiger partial charge in [0, 0.05) is 23.2 Å². The van der Waals surface area contributed by atoms with Crippen LogP contribution in [0.5, 0.6) is 0 Å². The zero-order valence-electron chi connectivity index (χ0n) is 15.2. The molecule has 1 amide bonds. The number of hydrogen-bond acceptors (Lipinski definition) is 4. The van der Waals surface area contributed by atoms with Gasteiger partial charge in [0.25, 0.3) is 0 Å². The van der Waals surface area contributed by atoms with E-state index >= 15 is 0 Å². The lowest BCUT2D eigenvalue weighted by molar-refractivity contribution is -0.120. The lowest BCUT2D eigenvalue weighted by atomic mass is 10.2. The van der Waals surface area contributed by atoms with Gasteiger partial charge in [-0.05, 0) is 31.5 Å². The summed E-state index contributed by atoms with van der Waals surface area (Å²) < 4.78 is 12.9. The Kier molecular flexibility index (Phi) is 6.63. The van der Waals surface area contributed by atoms with E-state index in [-0.39, 0.29) is 17.0 Å². The number of nitrogens with one attached hydrogen (secondary N) is 1. The predicted octanol–water partition coefficient (Wildman–Crippen LogP) is 5.20. The van der Waals surface area contributed by atoms with Crippen molar-refractivity contribution in [2.45, 2.75) is 31.4 Å². The zero-order chi connectivity index (χ0) is 19.2. The summed E-state index contributed by atoms with van der Waals surface area (Å²) in [6.07, 6.45) is 0. The van der Waals surface area contributed by atoms with Crippen LogP contribution in [0, 0.1) is 12.7 Å². The number of carbonyl (C=O) groups is 1. The molecule has 0 aliphatic heterocycles. The van der Waals surface area contributed by atoms with Gasteiger partial charge in [-0.15, -0.1) is 23.1 Å². The van der Waals surface area contributed by atoms with E-state index in [0.717, 1.165) is 21.8 Å². The summed E-state index contributed by atoms with van der Waals surface area (Å²) in [7, 11) is 0. The molecule has 3 nitrogen and oxygen atoms in total. The van der Waals surface area contributed by atoms with Crippen molar-refractivity contribution in [3.8, 4) is 10.6 Å². The Morgan fingerprint density at radius 1 is 1.19 bits per heavy atom. The Hall–Kier alpha value is -2.18. The van der Waals surface area contributed by atoms with E-state index in [1.807, 2.05) is 12.3 Å². The van der Waals surface area contributed by atoms with Gasteiger partial charge < -0.3 is 5.32 Å². The number of thioether (sulfide) groups is 1. The van der Waals surface area contributed by atoms with Crippen LogP contribution in [0.4, 0.5) is 4.39 Å². The number of aromatic nitrogens is 1. The number of aryl methyl sites for hydroxylation is 1. The minimum atomic E-state index is -0.276. The first kappa shape index (κ1) is 19.6. The second-order valence-electron chi connectivity index (χ2n) is 6.31. The molecule has 0 bridgehead atoms. The Balaban J connectivity index is 1.48. The van der Waals surface area contributed by atoms with Crippen LogP contribution in [0.2, 0.25) is 0 Å². The molecule has 1 N–H and O–H groups in total. The average molecular weight is 401 g/mol. The van der Waals surface area contributed by atoms with Crippen LogP contribution < -0.4 is 5.32 Å². The van der Waals surface area contributed by atoms with Gasteiger partial charge in [0.2, 0.25) is 5.91 Å². The first-order valence-corrected chi connectivity index (χ1v) is 10.6. The summed E-state index contributed by atoms with van der Waals surface area (Å²) in [5, 5.41) is 5.75. The molecule has 0 radical (unpaired) electrons. The van der Waals surface area contributed by atoms with Gasteiger partial charge in [-0.2, -0.15) is 0 Å². The maximum atomic E-state index is 12.9. The van der Waals surface area contributed by atoms with Crippen LogP contribution in [0.3, 0.4) is 0 Å². The average Bonchev–Trinajstić information content (AvgIpc) is 3.15. The van der Waals surface area contributed by atoms with Crippen molar-refractivity contribution in [3.05, 3.63) is 76.5 Å². The number of halogens is 1. The molecular formula is C21H21FN2OS2. The highest BCUT2D eigenvalue weighted by Crippen LogP contribution is 2.26. The third-order valence-corrected chi connectivity index (χ3v) is 6.20. The van der Waals surface area contributed by atoms with Crippen molar-refractivity contribution in [2.24, 2.45) is 0 Å². The summed E-state index contributed by atoms with van der Waals surface area (Å²) in [6, 6.07) is 14.5. The predicted molar refractivity (Wildman–Crippen MR) is 111 cm³/mol. The standard InChI is InChI=1S/C21H21FN2OS2/c1-14-3-7-17(8-4-14)21-24-19(13-27-21)12-26-15(2)20(25)23-11-16-5-9-18(22)10-6-16/h3-10,13,15H,11-12H2,1-2H3,(H,23,25). The lowest BCUT2D eigenvalue weighted by Crippen LogP contribution is -2.30. The number of amides is 1. The van der Waals surface area contributed by atoms with E-state index in [1.54, 1.807) is 35.2 Å². The second-order valence-corrected chi connectivity index (χ2v) is 8.49. The van der Waals surface area contributed by atoms with Crippen LogP contribution in [-0.2, 0) is 17.1 Å². The van der Waals surface area contributed by atoms with Gasteiger partial charge in [0.15, 0.2) is 0 Å². The zero-order valence-corrected chi connectivity index (χ0v) is 16.9. The highest BCUT2D eigenvalue weighted by molar-refractivity contribution is 7.99. The molecule has 0 saturated heterocycles. The molecule has 140 valence electrons. The van der Waals surface area contributed by atoms with Crippen LogP contribution in [0.25, 0.3) is 10.6 Å². The van der Waals surface area contributed by atoms with E-state index in [9.17, 15) is 9.18 Å². The summed E-state index contributed by atoms with van der Waals surface area (Å²) in [5.41, 5.74) is 4.21. The lowest BCUT2D eigenvalue weighted by Gasteiger charge is -2.11. The van der Waals surface area contributed by atoms with Crippen LogP contribution >= 0.6 is 23.1 Å². The smallest absolute Gasteiger partial charge is 0.233 e. The van der Waals surface area contributed by atoms with Crippen molar-refractivity contribution in [1.29, 1.82) is 0 Å². The molecule has 27 heavy (non-hydrogen) atoms. The number of rotatable bonds is 7. The largest absolute Gasteiger partial charge is 0.351 e. The van der Waals surface area contributed by atoms with Crippen molar-refractivity contribution < 1.29 is 9.18 Å². The topological polar surface area (TPSA) is 42.0 Å². The molecule has 0 aliphatic carbocycles. The first-order valence-electron chi connectivity index (χ1n) is 8.66.